The molecular weight excluding hydrogens is 550 g/mol. The summed E-state index contributed by atoms with van der Waals surface area (Å²) in [7, 11) is 0. The highest BCUT2D eigenvalue weighted by atomic mass is 16.3. The van der Waals surface area contributed by atoms with Crippen molar-refractivity contribution in [3.8, 4) is 27.9 Å². The molecule has 0 aliphatic rings. The zero-order valence-electron chi connectivity index (χ0n) is 24.2. The second-order valence-corrected chi connectivity index (χ2v) is 11.7. The van der Waals surface area contributed by atoms with Crippen LogP contribution >= 0.6 is 0 Å². The topological polar surface area (TPSA) is 31.2 Å². The summed E-state index contributed by atoms with van der Waals surface area (Å²) >= 11 is 0. The summed E-state index contributed by atoms with van der Waals surface area (Å²) in [4.78, 5) is 0. The van der Waals surface area contributed by atoms with Crippen molar-refractivity contribution in [2.75, 3.05) is 0 Å². The van der Waals surface area contributed by atoms with Gasteiger partial charge in [-0.25, -0.2) is 0 Å². The van der Waals surface area contributed by atoms with Crippen molar-refractivity contribution in [2.45, 2.75) is 0 Å². The van der Waals surface area contributed by atoms with Crippen LogP contribution in [0.3, 0.4) is 0 Å². The summed E-state index contributed by atoms with van der Waals surface area (Å²) in [5, 5.41) is 6.58. The maximum Gasteiger partial charge on any atom is 0.147 e. The Hall–Kier alpha value is -6.06. The molecule has 0 spiro atoms. The van der Waals surface area contributed by atoms with Crippen LogP contribution < -0.4 is 0 Å². The fourth-order valence-electron chi connectivity index (χ4n) is 7.17. The van der Waals surface area contributed by atoms with E-state index in [1.807, 2.05) is 12.1 Å². The zero-order chi connectivity index (χ0) is 29.5. The Morgan fingerprint density at radius 2 is 0.956 bits per heavy atom. The molecular formula is C42H25NO2. The molecule has 0 atom stereocenters. The quantitative estimate of drug-likeness (QED) is 0.210. The van der Waals surface area contributed by atoms with Gasteiger partial charge in [0.05, 0.1) is 21.8 Å². The monoisotopic (exact) mass is 575 g/mol. The van der Waals surface area contributed by atoms with E-state index in [0.717, 1.165) is 71.4 Å². The van der Waals surface area contributed by atoms with E-state index < -0.39 is 0 Å². The number of aromatic nitrogens is 1. The largest absolute Gasteiger partial charge is 0.456 e. The van der Waals surface area contributed by atoms with E-state index in [2.05, 4.69) is 144 Å². The third kappa shape index (κ3) is 3.52. The molecule has 0 saturated heterocycles. The van der Waals surface area contributed by atoms with Gasteiger partial charge in [-0.05, 0) is 76.9 Å². The van der Waals surface area contributed by atoms with Crippen molar-refractivity contribution >= 4 is 65.7 Å². The molecule has 0 saturated carbocycles. The number of furan rings is 2. The molecule has 10 rings (SSSR count). The van der Waals surface area contributed by atoms with Crippen LogP contribution in [0.2, 0.25) is 0 Å². The summed E-state index contributed by atoms with van der Waals surface area (Å²) < 4.78 is 15.5. The molecule has 0 unspecified atom stereocenters. The van der Waals surface area contributed by atoms with Gasteiger partial charge in [0.25, 0.3) is 0 Å². The molecule has 0 aliphatic carbocycles. The lowest BCUT2D eigenvalue weighted by Crippen LogP contribution is -1.96. The molecule has 3 heteroatoms. The van der Waals surface area contributed by atoms with Crippen LogP contribution in [-0.4, -0.2) is 4.57 Å². The van der Waals surface area contributed by atoms with Crippen LogP contribution in [0, 0.1) is 0 Å². The van der Waals surface area contributed by atoms with Crippen LogP contribution in [0.25, 0.3) is 93.6 Å². The second kappa shape index (κ2) is 9.22. The van der Waals surface area contributed by atoms with Gasteiger partial charge in [0.15, 0.2) is 0 Å². The standard InChI is InChI=1S/C42H25NO2/c1-3-11-26(12-4-1)28-23-29(27-13-5-2-6-14-27)25-30(24-28)43-35-17-9-7-15-33(35)39-36(43)21-19-31-32-20-22-38-40(42(32)45-41(31)39)34-16-8-10-18-37(34)44-38/h1-25H. The molecule has 0 fully saturated rings. The van der Waals surface area contributed by atoms with Crippen molar-refractivity contribution in [3.63, 3.8) is 0 Å². The van der Waals surface area contributed by atoms with E-state index in [-0.39, 0.29) is 0 Å². The molecule has 0 radical (unpaired) electrons. The first-order valence-corrected chi connectivity index (χ1v) is 15.3. The Kier molecular flexibility index (Phi) is 5.00. The van der Waals surface area contributed by atoms with Gasteiger partial charge in [-0.1, -0.05) is 97.1 Å². The lowest BCUT2D eigenvalue weighted by Gasteiger charge is -2.14. The molecule has 3 nitrogen and oxygen atoms in total. The minimum atomic E-state index is 0.840. The van der Waals surface area contributed by atoms with Crippen molar-refractivity contribution < 1.29 is 8.83 Å². The van der Waals surface area contributed by atoms with E-state index in [0.29, 0.717) is 0 Å². The van der Waals surface area contributed by atoms with Gasteiger partial charge in [0.1, 0.15) is 22.3 Å². The number of fused-ring (bicyclic) bond motifs is 11. The van der Waals surface area contributed by atoms with Crippen LogP contribution in [0.1, 0.15) is 0 Å². The predicted molar refractivity (Wildman–Crippen MR) is 186 cm³/mol. The van der Waals surface area contributed by atoms with E-state index in [4.69, 9.17) is 8.83 Å². The maximum absolute atomic E-state index is 6.92. The number of hydrogen-bond acceptors (Lipinski definition) is 2. The minimum Gasteiger partial charge on any atom is -0.456 e. The normalized spacial score (nSPS) is 12.0. The highest BCUT2D eigenvalue weighted by Gasteiger charge is 2.21. The average Bonchev–Trinajstić information content (AvgIpc) is 3.78. The molecule has 7 aromatic carbocycles. The number of rotatable bonds is 3. The van der Waals surface area contributed by atoms with Gasteiger partial charge in [-0.3, -0.25) is 0 Å². The fraction of sp³-hybridized carbons (Fsp3) is 0. The number of para-hydroxylation sites is 2. The molecule has 10 aromatic rings. The van der Waals surface area contributed by atoms with Gasteiger partial charge in [0, 0.05) is 27.2 Å². The third-order valence-electron chi connectivity index (χ3n) is 9.17. The molecule has 0 amide bonds. The van der Waals surface area contributed by atoms with Crippen molar-refractivity contribution in [3.05, 3.63) is 152 Å². The Bertz CT molecular complexity index is 2690. The Balaban J connectivity index is 1.31. The highest BCUT2D eigenvalue weighted by Crippen LogP contribution is 2.44. The van der Waals surface area contributed by atoms with Crippen molar-refractivity contribution in [2.24, 2.45) is 0 Å². The van der Waals surface area contributed by atoms with Gasteiger partial charge in [-0.15, -0.1) is 0 Å². The zero-order valence-corrected chi connectivity index (χ0v) is 24.2. The van der Waals surface area contributed by atoms with Gasteiger partial charge in [0.2, 0.25) is 0 Å². The van der Waals surface area contributed by atoms with Crippen LogP contribution in [0.5, 0.6) is 0 Å². The summed E-state index contributed by atoms with van der Waals surface area (Å²) in [5.74, 6) is 0. The Morgan fingerprint density at radius 1 is 0.356 bits per heavy atom. The number of nitrogens with zero attached hydrogens (tertiary/aromatic N) is 1. The summed E-state index contributed by atoms with van der Waals surface area (Å²) in [6.07, 6.45) is 0. The van der Waals surface area contributed by atoms with Gasteiger partial charge in [-0.2, -0.15) is 0 Å². The van der Waals surface area contributed by atoms with Crippen LogP contribution in [0.15, 0.2) is 160 Å². The van der Waals surface area contributed by atoms with Crippen LogP contribution in [-0.2, 0) is 0 Å². The average molecular weight is 576 g/mol. The van der Waals surface area contributed by atoms with Gasteiger partial charge < -0.3 is 13.4 Å². The molecule has 0 N–H and O–H groups in total. The second-order valence-electron chi connectivity index (χ2n) is 11.7. The Morgan fingerprint density at radius 3 is 1.69 bits per heavy atom. The molecule has 210 valence electrons. The van der Waals surface area contributed by atoms with Crippen molar-refractivity contribution in [1.82, 2.24) is 4.57 Å². The van der Waals surface area contributed by atoms with Crippen LogP contribution in [0.4, 0.5) is 0 Å². The smallest absolute Gasteiger partial charge is 0.147 e. The Labute approximate surface area is 258 Å². The molecule has 3 heterocycles. The molecule has 3 aromatic heterocycles. The van der Waals surface area contributed by atoms with Gasteiger partial charge >= 0.3 is 0 Å². The molecule has 45 heavy (non-hydrogen) atoms. The summed E-state index contributed by atoms with van der Waals surface area (Å²) in [6.45, 7) is 0. The number of hydrogen-bond donors (Lipinski definition) is 0. The lowest BCUT2D eigenvalue weighted by molar-refractivity contribution is 0.664. The first kappa shape index (κ1) is 24.4. The fourth-order valence-corrected chi connectivity index (χ4v) is 7.17. The van der Waals surface area contributed by atoms with E-state index >= 15 is 0 Å². The van der Waals surface area contributed by atoms with E-state index in [9.17, 15) is 0 Å². The molecule has 0 bridgehead atoms. The first-order chi connectivity index (χ1) is 22.3. The maximum atomic E-state index is 6.92. The number of benzene rings is 7. The van der Waals surface area contributed by atoms with E-state index in [1.54, 1.807) is 0 Å². The SMILES string of the molecule is c1ccc(-c2cc(-c3ccccc3)cc(-n3c4ccccc4c4c5oc6c(ccc7oc8ccccc8c76)c5ccc43)c2)cc1. The minimum absolute atomic E-state index is 0.840. The summed E-state index contributed by atoms with van der Waals surface area (Å²) in [6, 6.07) is 53.7. The van der Waals surface area contributed by atoms with Crippen molar-refractivity contribution in [1.29, 1.82) is 0 Å². The predicted octanol–water partition coefficient (Wildman–Crippen LogP) is 11.9. The first-order valence-electron chi connectivity index (χ1n) is 15.3. The highest BCUT2D eigenvalue weighted by molar-refractivity contribution is 6.28. The summed E-state index contributed by atoms with van der Waals surface area (Å²) in [5.41, 5.74) is 11.6. The molecule has 0 aliphatic heterocycles. The third-order valence-corrected chi connectivity index (χ3v) is 9.17. The van der Waals surface area contributed by atoms with E-state index in [1.165, 1.54) is 22.3 Å². The lowest BCUT2D eigenvalue weighted by atomic mass is 9.98.